The highest BCUT2D eigenvalue weighted by molar-refractivity contribution is 6.31. The van der Waals surface area contributed by atoms with E-state index in [1.807, 2.05) is 49.4 Å². The summed E-state index contributed by atoms with van der Waals surface area (Å²) < 4.78 is 1.56. The molecule has 0 saturated heterocycles. The number of rotatable bonds is 1. The molecule has 4 heteroatoms. The summed E-state index contributed by atoms with van der Waals surface area (Å²) in [7, 11) is 1.73. The first kappa shape index (κ1) is 12.9. The molecule has 0 atom stereocenters. The molecule has 100 valence electrons. The lowest BCUT2D eigenvalue weighted by molar-refractivity contribution is 0.852. The van der Waals surface area contributed by atoms with Crippen LogP contribution in [0.25, 0.3) is 22.2 Å². The number of hydrogen-bond acceptors (Lipinski definition) is 2. The summed E-state index contributed by atoms with van der Waals surface area (Å²) in [5.74, 6) is 0. The van der Waals surface area contributed by atoms with Gasteiger partial charge in [-0.25, -0.2) is 4.79 Å². The third-order valence-corrected chi connectivity index (χ3v) is 3.62. The molecule has 0 N–H and O–H groups in total. The van der Waals surface area contributed by atoms with Gasteiger partial charge < -0.3 is 0 Å². The van der Waals surface area contributed by atoms with Crippen LogP contribution < -0.4 is 5.69 Å². The predicted molar refractivity (Wildman–Crippen MR) is 82.2 cm³/mol. The van der Waals surface area contributed by atoms with E-state index in [0.29, 0.717) is 10.7 Å². The van der Waals surface area contributed by atoms with Crippen molar-refractivity contribution < 1.29 is 0 Å². The van der Waals surface area contributed by atoms with Gasteiger partial charge in [-0.2, -0.15) is 4.98 Å². The second-order valence-corrected chi connectivity index (χ2v) is 5.22. The smallest absolute Gasteiger partial charge is 0.295 e. The Bertz CT molecular complexity index is 854. The Morgan fingerprint density at radius 3 is 2.55 bits per heavy atom. The van der Waals surface area contributed by atoms with Crippen molar-refractivity contribution in [1.82, 2.24) is 9.55 Å². The minimum Gasteiger partial charge on any atom is -0.295 e. The fourth-order valence-electron chi connectivity index (χ4n) is 2.50. The SMILES string of the molecule is Cc1cc(Cl)cc2c(-c3ccccc3)nc(=O)n(C)c12. The number of benzene rings is 2. The Morgan fingerprint density at radius 1 is 1.15 bits per heavy atom. The molecule has 0 saturated carbocycles. The molecule has 0 aliphatic heterocycles. The fourth-order valence-corrected chi connectivity index (χ4v) is 2.78. The highest BCUT2D eigenvalue weighted by Crippen LogP contribution is 2.29. The van der Waals surface area contributed by atoms with E-state index in [2.05, 4.69) is 4.98 Å². The van der Waals surface area contributed by atoms with E-state index in [0.717, 1.165) is 22.0 Å². The molecule has 0 unspecified atom stereocenters. The summed E-state index contributed by atoms with van der Waals surface area (Å²) in [6.07, 6.45) is 0. The zero-order valence-electron chi connectivity index (χ0n) is 11.2. The van der Waals surface area contributed by atoms with Gasteiger partial charge in [0.1, 0.15) is 0 Å². The van der Waals surface area contributed by atoms with E-state index in [9.17, 15) is 4.79 Å². The first-order valence-electron chi connectivity index (χ1n) is 6.30. The zero-order valence-corrected chi connectivity index (χ0v) is 12.0. The molecule has 0 radical (unpaired) electrons. The molecule has 0 fully saturated rings. The van der Waals surface area contributed by atoms with Crippen molar-refractivity contribution in [2.75, 3.05) is 0 Å². The lowest BCUT2D eigenvalue weighted by Crippen LogP contribution is -2.21. The Labute approximate surface area is 121 Å². The van der Waals surface area contributed by atoms with Crippen molar-refractivity contribution in [3.63, 3.8) is 0 Å². The topological polar surface area (TPSA) is 34.9 Å². The molecule has 3 rings (SSSR count). The third kappa shape index (κ3) is 2.00. The molecule has 0 spiro atoms. The van der Waals surface area contributed by atoms with Crippen LogP contribution in [0.3, 0.4) is 0 Å². The Kier molecular flexibility index (Phi) is 3.07. The number of nitrogens with zero attached hydrogens (tertiary/aromatic N) is 2. The number of halogens is 1. The van der Waals surface area contributed by atoms with Crippen LogP contribution in [0.15, 0.2) is 47.3 Å². The van der Waals surface area contributed by atoms with Crippen molar-refractivity contribution in [2.24, 2.45) is 7.05 Å². The van der Waals surface area contributed by atoms with Gasteiger partial charge in [-0.1, -0.05) is 41.9 Å². The molecule has 20 heavy (non-hydrogen) atoms. The molecule has 2 aromatic carbocycles. The molecule has 0 aliphatic carbocycles. The van der Waals surface area contributed by atoms with Crippen LogP contribution in [-0.2, 0) is 7.05 Å². The number of fused-ring (bicyclic) bond motifs is 1. The van der Waals surface area contributed by atoms with Gasteiger partial charge in [0.25, 0.3) is 0 Å². The summed E-state index contributed by atoms with van der Waals surface area (Å²) in [5.41, 5.74) is 3.16. The number of aromatic nitrogens is 2. The van der Waals surface area contributed by atoms with Crippen LogP contribution >= 0.6 is 11.6 Å². The summed E-state index contributed by atoms with van der Waals surface area (Å²) in [4.78, 5) is 16.3. The number of aryl methyl sites for hydroxylation is 2. The maximum absolute atomic E-state index is 12.1. The summed E-state index contributed by atoms with van der Waals surface area (Å²) in [5, 5.41) is 1.54. The van der Waals surface area contributed by atoms with E-state index < -0.39 is 0 Å². The second kappa shape index (κ2) is 4.76. The Morgan fingerprint density at radius 2 is 1.85 bits per heavy atom. The Balaban J connectivity index is 2.51. The minimum absolute atomic E-state index is 0.262. The maximum atomic E-state index is 12.1. The van der Waals surface area contributed by atoms with Gasteiger partial charge in [-0.3, -0.25) is 4.57 Å². The van der Waals surface area contributed by atoms with Crippen molar-refractivity contribution in [3.8, 4) is 11.3 Å². The highest BCUT2D eigenvalue weighted by atomic mass is 35.5. The first-order chi connectivity index (χ1) is 9.58. The molecule has 3 aromatic rings. The lowest BCUT2D eigenvalue weighted by atomic mass is 10.0. The van der Waals surface area contributed by atoms with Gasteiger partial charge in [-0.05, 0) is 24.6 Å². The van der Waals surface area contributed by atoms with Gasteiger partial charge in [0.05, 0.1) is 11.2 Å². The van der Waals surface area contributed by atoms with E-state index in [4.69, 9.17) is 11.6 Å². The summed E-state index contributed by atoms with van der Waals surface area (Å²) in [6.45, 7) is 1.95. The largest absolute Gasteiger partial charge is 0.348 e. The molecule has 3 nitrogen and oxygen atoms in total. The average Bonchev–Trinajstić information content (AvgIpc) is 2.43. The standard InChI is InChI=1S/C16H13ClN2O/c1-10-8-12(17)9-13-14(11-6-4-3-5-7-11)18-16(20)19(2)15(10)13/h3-9H,1-2H3. The van der Waals surface area contributed by atoms with Crippen molar-refractivity contribution in [2.45, 2.75) is 6.92 Å². The van der Waals surface area contributed by atoms with Crippen LogP contribution in [0.2, 0.25) is 5.02 Å². The van der Waals surface area contributed by atoms with Crippen LogP contribution in [0.1, 0.15) is 5.56 Å². The van der Waals surface area contributed by atoms with Crippen LogP contribution in [-0.4, -0.2) is 9.55 Å². The van der Waals surface area contributed by atoms with Gasteiger partial charge in [0.15, 0.2) is 0 Å². The quantitative estimate of drug-likeness (QED) is 0.685. The molecule has 0 aliphatic rings. The van der Waals surface area contributed by atoms with Crippen LogP contribution in [0.5, 0.6) is 0 Å². The molecule has 1 aromatic heterocycles. The fraction of sp³-hybridized carbons (Fsp3) is 0.125. The van der Waals surface area contributed by atoms with E-state index in [1.54, 1.807) is 11.6 Å². The van der Waals surface area contributed by atoms with Gasteiger partial charge in [0, 0.05) is 23.0 Å². The van der Waals surface area contributed by atoms with Crippen molar-refractivity contribution in [1.29, 1.82) is 0 Å². The summed E-state index contributed by atoms with van der Waals surface area (Å²) >= 11 is 6.16. The maximum Gasteiger partial charge on any atom is 0.348 e. The third-order valence-electron chi connectivity index (χ3n) is 3.40. The van der Waals surface area contributed by atoms with E-state index in [1.165, 1.54) is 0 Å². The molecule has 0 amide bonds. The molecule has 0 bridgehead atoms. The monoisotopic (exact) mass is 284 g/mol. The van der Waals surface area contributed by atoms with Gasteiger partial charge >= 0.3 is 5.69 Å². The minimum atomic E-state index is -0.262. The van der Waals surface area contributed by atoms with Crippen molar-refractivity contribution in [3.05, 3.63) is 63.5 Å². The lowest BCUT2D eigenvalue weighted by Gasteiger charge is -2.12. The normalized spacial score (nSPS) is 10.9. The second-order valence-electron chi connectivity index (χ2n) is 4.79. The molecular formula is C16H13ClN2O. The predicted octanol–water partition coefficient (Wildman–Crippen LogP) is 3.56. The van der Waals surface area contributed by atoms with Gasteiger partial charge in [-0.15, -0.1) is 0 Å². The highest BCUT2D eigenvalue weighted by Gasteiger charge is 2.12. The van der Waals surface area contributed by atoms with Crippen LogP contribution in [0, 0.1) is 6.92 Å². The van der Waals surface area contributed by atoms with Gasteiger partial charge in [0.2, 0.25) is 0 Å². The Hall–Kier alpha value is -2.13. The van der Waals surface area contributed by atoms with Crippen LogP contribution in [0.4, 0.5) is 0 Å². The first-order valence-corrected chi connectivity index (χ1v) is 6.68. The van der Waals surface area contributed by atoms with E-state index >= 15 is 0 Å². The summed E-state index contributed by atoms with van der Waals surface area (Å²) in [6, 6.07) is 13.4. The van der Waals surface area contributed by atoms with Crippen molar-refractivity contribution >= 4 is 22.5 Å². The molecular weight excluding hydrogens is 272 g/mol. The molecule has 1 heterocycles. The van der Waals surface area contributed by atoms with E-state index in [-0.39, 0.29) is 5.69 Å². The average molecular weight is 285 g/mol. The zero-order chi connectivity index (χ0) is 14.3. The number of hydrogen-bond donors (Lipinski definition) is 0.